The fraction of sp³-hybridized carbons (Fsp3) is 0.0714. The van der Waals surface area contributed by atoms with Crippen molar-refractivity contribution >= 4 is 33.4 Å². The third-order valence-corrected chi connectivity index (χ3v) is 3.46. The molecule has 0 fully saturated rings. The Labute approximate surface area is 124 Å². The SMILES string of the molecule is O=C(NCc1ccccc1Cl)c1cc(Br)ccc1O. The molecule has 98 valence electrons. The molecular formula is C14H11BrClNO2. The van der Waals surface area contributed by atoms with Crippen molar-refractivity contribution in [1.82, 2.24) is 5.32 Å². The van der Waals surface area contributed by atoms with E-state index in [-0.39, 0.29) is 17.2 Å². The van der Waals surface area contributed by atoms with E-state index in [0.717, 1.165) is 10.0 Å². The number of phenolic OH excluding ortho intramolecular Hbond substituents is 1. The minimum atomic E-state index is -0.348. The van der Waals surface area contributed by atoms with Gasteiger partial charge in [0.2, 0.25) is 0 Å². The number of amides is 1. The standard InChI is InChI=1S/C14H11BrClNO2/c15-10-5-6-13(18)11(7-10)14(19)17-8-9-3-1-2-4-12(9)16/h1-7,18H,8H2,(H,17,19). The first-order valence-corrected chi connectivity index (χ1v) is 6.75. The van der Waals surface area contributed by atoms with Gasteiger partial charge in [0, 0.05) is 16.0 Å². The van der Waals surface area contributed by atoms with Crippen molar-refractivity contribution in [3.8, 4) is 5.75 Å². The molecular weight excluding hydrogens is 330 g/mol. The molecule has 0 saturated carbocycles. The summed E-state index contributed by atoms with van der Waals surface area (Å²) in [7, 11) is 0. The Bertz CT molecular complexity index is 616. The average Bonchev–Trinajstić information content (AvgIpc) is 2.40. The van der Waals surface area contributed by atoms with E-state index in [0.29, 0.717) is 11.6 Å². The molecule has 2 N–H and O–H groups in total. The maximum Gasteiger partial charge on any atom is 0.255 e. The van der Waals surface area contributed by atoms with Gasteiger partial charge in [0.25, 0.3) is 5.91 Å². The molecule has 2 aromatic carbocycles. The summed E-state index contributed by atoms with van der Waals surface area (Å²) in [6, 6.07) is 12.0. The average molecular weight is 341 g/mol. The van der Waals surface area contributed by atoms with Crippen LogP contribution in [0.4, 0.5) is 0 Å². The number of benzene rings is 2. The molecule has 0 bridgehead atoms. The van der Waals surface area contributed by atoms with Crippen LogP contribution >= 0.6 is 27.5 Å². The van der Waals surface area contributed by atoms with Gasteiger partial charge in [-0.25, -0.2) is 0 Å². The van der Waals surface area contributed by atoms with E-state index in [1.807, 2.05) is 18.2 Å². The van der Waals surface area contributed by atoms with Gasteiger partial charge in [-0.3, -0.25) is 4.79 Å². The van der Waals surface area contributed by atoms with Crippen molar-refractivity contribution in [3.05, 3.63) is 63.1 Å². The minimum absolute atomic E-state index is 0.0557. The van der Waals surface area contributed by atoms with Crippen molar-refractivity contribution in [2.45, 2.75) is 6.54 Å². The highest BCUT2D eigenvalue weighted by atomic mass is 79.9. The van der Waals surface area contributed by atoms with Crippen molar-refractivity contribution in [1.29, 1.82) is 0 Å². The summed E-state index contributed by atoms with van der Waals surface area (Å²) in [5, 5.41) is 13.0. The molecule has 3 nitrogen and oxygen atoms in total. The van der Waals surface area contributed by atoms with E-state index in [2.05, 4.69) is 21.2 Å². The smallest absolute Gasteiger partial charge is 0.255 e. The molecule has 0 atom stereocenters. The van der Waals surface area contributed by atoms with Crippen LogP contribution in [0.5, 0.6) is 5.75 Å². The zero-order chi connectivity index (χ0) is 13.8. The summed E-state index contributed by atoms with van der Waals surface area (Å²) in [4.78, 5) is 12.0. The van der Waals surface area contributed by atoms with Crippen LogP contribution in [0.1, 0.15) is 15.9 Å². The van der Waals surface area contributed by atoms with E-state index in [9.17, 15) is 9.90 Å². The molecule has 0 aliphatic carbocycles. The number of carbonyl (C=O) groups is 1. The van der Waals surface area contributed by atoms with Gasteiger partial charge in [-0.15, -0.1) is 0 Å². The van der Waals surface area contributed by atoms with Gasteiger partial charge in [-0.1, -0.05) is 45.7 Å². The zero-order valence-corrected chi connectivity index (χ0v) is 12.2. The number of rotatable bonds is 3. The summed E-state index contributed by atoms with van der Waals surface area (Å²) >= 11 is 9.26. The molecule has 0 saturated heterocycles. The van der Waals surface area contributed by atoms with Gasteiger partial charge in [0.05, 0.1) is 5.56 Å². The molecule has 0 spiro atoms. The Morgan fingerprint density at radius 1 is 1.26 bits per heavy atom. The van der Waals surface area contributed by atoms with Gasteiger partial charge in [0.1, 0.15) is 5.75 Å². The third kappa shape index (κ3) is 3.49. The fourth-order valence-corrected chi connectivity index (χ4v) is 2.17. The second kappa shape index (κ2) is 6.08. The van der Waals surface area contributed by atoms with E-state index in [1.54, 1.807) is 18.2 Å². The van der Waals surface area contributed by atoms with Crippen LogP contribution in [0, 0.1) is 0 Å². The Morgan fingerprint density at radius 3 is 2.74 bits per heavy atom. The number of phenols is 1. The Kier molecular flexibility index (Phi) is 4.45. The van der Waals surface area contributed by atoms with Crippen LogP contribution in [0.2, 0.25) is 5.02 Å². The molecule has 5 heteroatoms. The van der Waals surface area contributed by atoms with Crippen LogP contribution in [0.25, 0.3) is 0 Å². The molecule has 0 aliphatic heterocycles. The molecule has 0 aliphatic rings. The molecule has 0 heterocycles. The lowest BCUT2D eigenvalue weighted by Crippen LogP contribution is -2.23. The quantitative estimate of drug-likeness (QED) is 0.894. The normalized spacial score (nSPS) is 10.2. The second-order valence-electron chi connectivity index (χ2n) is 3.94. The summed E-state index contributed by atoms with van der Waals surface area (Å²) in [5.74, 6) is -0.404. The number of aromatic hydroxyl groups is 1. The summed E-state index contributed by atoms with van der Waals surface area (Å²) in [6.45, 7) is 0.310. The van der Waals surface area contributed by atoms with Crippen molar-refractivity contribution < 1.29 is 9.90 Å². The highest BCUT2D eigenvalue weighted by molar-refractivity contribution is 9.10. The molecule has 0 unspecified atom stereocenters. The van der Waals surface area contributed by atoms with Crippen LogP contribution in [-0.2, 0) is 6.54 Å². The fourth-order valence-electron chi connectivity index (χ4n) is 1.60. The highest BCUT2D eigenvalue weighted by Crippen LogP contribution is 2.22. The van der Waals surface area contributed by atoms with E-state index in [1.165, 1.54) is 6.07 Å². The molecule has 2 aromatic rings. The van der Waals surface area contributed by atoms with E-state index >= 15 is 0 Å². The lowest BCUT2D eigenvalue weighted by Gasteiger charge is -2.08. The largest absolute Gasteiger partial charge is 0.507 e. The number of hydrogen-bond acceptors (Lipinski definition) is 2. The molecule has 2 rings (SSSR count). The topological polar surface area (TPSA) is 49.3 Å². The maximum absolute atomic E-state index is 12.0. The highest BCUT2D eigenvalue weighted by Gasteiger charge is 2.11. The van der Waals surface area contributed by atoms with Gasteiger partial charge in [0.15, 0.2) is 0 Å². The Morgan fingerprint density at radius 2 is 2.00 bits per heavy atom. The maximum atomic E-state index is 12.0. The predicted molar refractivity (Wildman–Crippen MR) is 78.4 cm³/mol. The summed E-state index contributed by atoms with van der Waals surface area (Å²) in [5.41, 5.74) is 1.05. The number of halogens is 2. The number of nitrogens with one attached hydrogen (secondary N) is 1. The second-order valence-corrected chi connectivity index (χ2v) is 5.26. The first kappa shape index (κ1) is 13.9. The first-order chi connectivity index (χ1) is 9.08. The summed E-state index contributed by atoms with van der Waals surface area (Å²) < 4.78 is 0.730. The van der Waals surface area contributed by atoms with Gasteiger partial charge < -0.3 is 10.4 Å². The van der Waals surface area contributed by atoms with Crippen LogP contribution in [0.15, 0.2) is 46.9 Å². The number of carbonyl (C=O) groups excluding carboxylic acids is 1. The first-order valence-electron chi connectivity index (χ1n) is 5.58. The van der Waals surface area contributed by atoms with Crippen LogP contribution in [-0.4, -0.2) is 11.0 Å². The van der Waals surface area contributed by atoms with E-state index in [4.69, 9.17) is 11.6 Å². The van der Waals surface area contributed by atoms with Crippen molar-refractivity contribution in [2.75, 3.05) is 0 Å². The van der Waals surface area contributed by atoms with E-state index < -0.39 is 0 Å². The number of hydrogen-bond donors (Lipinski definition) is 2. The van der Waals surface area contributed by atoms with Crippen molar-refractivity contribution in [3.63, 3.8) is 0 Å². The van der Waals surface area contributed by atoms with Crippen molar-refractivity contribution in [2.24, 2.45) is 0 Å². The lowest BCUT2D eigenvalue weighted by atomic mass is 10.1. The van der Waals surface area contributed by atoms with Crippen LogP contribution < -0.4 is 5.32 Å². The molecule has 0 radical (unpaired) electrons. The van der Waals surface area contributed by atoms with Crippen LogP contribution in [0.3, 0.4) is 0 Å². The molecule has 0 aromatic heterocycles. The van der Waals surface area contributed by atoms with Gasteiger partial charge >= 0.3 is 0 Å². The molecule has 1 amide bonds. The van der Waals surface area contributed by atoms with Gasteiger partial charge in [-0.2, -0.15) is 0 Å². The Balaban J connectivity index is 2.10. The zero-order valence-electron chi connectivity index (χ0n) is 9.86. The molecule has 19 heavy (non-hydrogen) atoms. The predicted octanol–water partition coefficient (Wildman–Crippen LogP) is 3.74. The summed E-state index contributed by atoms with van der Waals surface area (Å²) in [6.07, 6.45) is 0. The van der Waals surface area contributed by atoms with Gasteiger partial charge in [-0.05, 0) is 29.8 Å². The third-order valence-electron chi connectivity index (χ3n) is 2.60. The lowest BCUT2D eigenvalue weighted by molar-refractivity contribution is 0.0948. The monoisotopic (exact) mass is 339 g/mol. The Hall–Kier alpha value is -1.52. The minimum Gasteiger partial charge on any atom is -0.507 e.